The second-order valence-electron chi connectivity index (χ2n) is 4.95. The van der Waals surface area contributed by atoms with Gasteiger partial charge < -0.3 is 16.4 Å². The van der Waals surface area contributed by atoms with E-state index in [4.69, 9.17) is 17.3 Å². The molecule has 0 aliphatic carbocycles. The minimum absolute atomic E-state index is 0.223. The van der Waals surface area contributed by atoms with Crippen LogP contribution in [0.1, 0.15) is 29.1 Å². The van der Waals surface area contributed by atoms with E-state index in [1.54, 1.807) is 12.1 Å². The smallest absolute Gasteiger partial charge is 0.269 e. The molecule has 0 atom stereocenters. The van der Waals surface area contributed by atoms with E-state index in [2.05, 4.69) is 15.6 Å². The average Bonchev–Trinajstić information content (AvgIpc) is 2.74. The molecular formula is C14H17ClN4OS. The minimum atomic E-state index is -0.285. The molecule has 1 amide bonds. The van der Waals surface area contributed by atoms with Gasteiger partial charge in [-0.05, 0) is 38.5 Å². The normalized spacial score (nSPS) is 10.7. The average molecular weight is 325 g/mol. The number of halogens is 1. The maximum Gasteiger partial charge on any atom is 0.269 e. The Balaban J connectivity index is 2.20. The van der Waals surface area contributed by atoms with E-state index >= 15 is 0 Å². The molecule has 0 radical (unpaired) electrons. The van der Waals surface area contributed by atoms with Crippen molar-refractivity contribution in [3.05, 3.63) is 33.7 Å². The van der Waals surface area contributed by atoms with Crippen molar-refractivity contribution in [3.8, 4) is 0 Å². The number of carbonyl (C=O) groups excluding carboxylic acids is 1. The molecular weight excluding hydrogens is 308 g/mol. The SMILES string of the molecule is Cc1ccc(Cl)cc1NC(=O)c1sc(NC(C)C)nc1N. The van der Waals surface area contributed by atoms with Gasteiger partial charge in [-0.1, -0.05) is 29.0 Å². The summed E-state index contributed by atoms with van der Waals surface area (Å²) in [6.07, 6.45) is 0. The van der Waals surface area contributed by atoms with Gasteiger partial charge in [-0.3, -0.25) is 4.79 Å². The minimum Gasteiger partial charge on any atom is -0.382 e. The highest BCUT2D eigenvalue weighted by atomic mass is 35.5. The van der Waals surface area contributed by atoms with Crippen molar-refractivity contribution in [2.75, 3.05) is 16.4 Å². The lowest BCUT2D eigenvalue weighted by atomic mass is 10.2. The van der Waals surface area contributed by atoms with Crippen LogP contribution in [0.15, 0.2) is 18.2 Å². The van der Waals surface area contributed by atoms with Gasteiger partial charge in [0.25, 0.3) is 5.91 Å². The summed E-state index contributed by atoms with van der Waals surface area (Å²) in [5.74, 6) is -0.0625. The van der Waals surface area contributed by atoms with Gasteiger partial charge in [0.05, 0.1) is 0 Å². The summed E-state index contributed by atoms with van der Waals surface area (Å²) in [6, 6.07) is 5.55. The fourth-order valence-corrected chi connectivity index (χ4v) is 2.81. The Labute approximate surface area is 132 Å². The summed E-state index contributed by atoms with van der Waals surface area (Å²) in [7, 11) is 0. The van der Waals surface area contributed by atoms with E-state index in [0.29, 0.717) is 20.7 Å². The predicted octanol–water partition coefficient (Wildman–Crippen LogP) is 3.76. The molecule has 0 aliphatic rings. The number of aromatic nitrogens is 1. The van der Waals surface area contributed by atoms with Gasteiger partial charge in [0, 0.05) is 16.8 Å². The summed E-state index contributed by atoms with van der Waals surface area (Å²) in [6.45, 7) is 5.88. The molecule has 5 nitrogen and oxygen atoms in total. The molecule has 0 spiro atoms. The van der Waals surface area contributed by atoms with Crippen molar-refractivity contribution >= 4 is 45.5 Å². The number of nitrogen functional groups attached to an aromatic ring is 1. The molecule has 0 bridgehead atoms. The third-order valence-electron chi connectivity index (χ3n) is 2.72. The van der Waals surface area contributed by atoms with Gasteiger partial charge in [0.15, 0.2) is 5.13 Å². The maximum absolute atomic E-state index is 12.3. The molecule has 0 saturated heterocycles. The first-order chi connectivity index (χ1) is 9.86. The van der Waals surface area contributed by atoms with E-state index in [1.807, 2.05) is 26.8 Å². The molecule has 1 aromatic heterocycles. The van der Waals surface area contributed by atoms with Crippen molar-refractivity contribution < 1.29 is 4.79 Å². The third-order valence-corrected chi connectivity index (χ3v) is 3.96. The van der Waals surface area contributed by atoms with Gasteiger partial charge in [-0.25, -0.2) is 4.98 Å². The Hall–Kier alpha value is -1.79. The predicted molar refractivity (Wildman–Crippen MR) is 89.4 cm³/mol. The number of hydrogen-bond acceptors (Lipinski definition) is 5. The summed E-state index contributed by atoms with van der Waals surface area (Å²) < 4.78 is 0. The zero-order valence-corrected chi connectivity index (χ0v) is 13.6. The Morgan fingerprint density at radius 1 is 1.43 bits per heavy atom. The Bertz CT molecular complexity index is 669. The van der Waals surface area contributed by atoms with Crippen molar-refractivity contribution in [2.24, 2.45) is 0 Å². The van der Waals surface area contributed by atoms with Crippen LogP contribution in [0.2, 0.25) is 5.02 Å². The fraction of sp³-hybridized carbons (Fsp3) is 0.286. The van der Waals surface area contributed by atoms with Crippen LogP contribution in [0, 0.1) is 6.92 Å². The highest BCUT2D eigenvalue weighted by Crippen LogP contribution is 2.27. The van der Waals surface area contributed by atoms with Gasteiger partial charge >= 0.3 is 0 Å². The Morgan fingerprint density at radius 3 is 2.81 bits per heavy atom. The molecule has 1 heterocycles. The summed E-state index contributed by atoms with van der Waals surface area (Å²) >= 11 is 7.18. The van der Waals surface area contributed by atoms with E-state index in [9.17, 15) is 4.79 Å². The van der Waals surface area contributed by atoms with Crippen LogP contribution in [-0.2, 0) is 0 Å². The first-order valence-electron chi connectivity index (χ1n) is 6.47. The monoisotopic (exact) mass is 324 g/mol. The van der Waals surface area contributed by atoms with Gasteiger partial charge in [-0.2, -0.15) is 0 Å². The van der Waals surface area contributed by atoms with Crippen LogP contribution in [0.4, 0.5) is 16.6 Å². The topological polar surface area (TPSA) is 80.0 Å². The quantitative estimate of drug-likeness (QED) is 0.800. The molecule has 0 unspecified atom stereocenters. The van der Waals surface area contributed by atoms with E-state index < -0.39 is 0 Å². The molecule has 112 valence electrons. The van der Waals surface area contributed by atoms with Gasteiger partial charge in [0.1, 0.15) is 10.7 Å². The van der Waals surface area contributed by atoms with Crippen molar-refractivity contribution in [1.29, 1.82) is 0 Å². The first-order valence-corrected chi connectivity index (χ1v) is 7.66. The second-order valence-corrected chi connectivity index (χ2v) is 6.38. The van der Waals surface area contributed by atoms with Gasteiger partial charge in [0.2, 0.25) is 0 Å². The molecule has 2 aromatic rings. The molecule has 4 N–H and O–H groups in total. The van der Waals surface area contributed by atoms with Crippen LogP contribution >= 0.6 is 22.9 Å². The van der Waals surface area contributed by atoms with Crippen molar-refractivity contribution in [1.82, 2.24) is 4.98 Å². The number of nitrogens with one attached hydrogen (secondary N) is 2. The number of carbonyl (C=O) groups is 1. The first kappa shape index (κ1) is 15.6. The summed E-state index contributed by atoms with van der Waals surface area (Å²) in [5.41, 5.74) is 7.40. The summed E-state index contributed by atoms with van der Waals surface area (Å²) in [5, 5.41) is 7.15. The van der Waals surface area contributed by atoms with Crippen LogP contribution in [0.25, 0.3) is 0 Å². The second kappa shape index (κ2) is 6.32. The molecule has 2 rings (SSSR count). The molecule has 1 aromatic carbocycles. The molecule has 0 fully saturated rings. The van der Waals surface area contributed by atoms with Crippen molar-refractivity contribution in [3.63, 3.8) is 0 Å². The number of rotatable bonds is 4. The standard InChI is InChI=1S/C14H17ClN4OS/c1-7(2)17-14-19-12(16)11(21-14)13(20)18-10-6-9(15)5-4-8(10)3/h4-7H,16H2,1-3H3,(H,17,19)(H,18,20). The van der Waals surface area contributed by atoms with E-state index in [0.717, 1.165) is 5.56 Å². The number of benzene rings is 1. The largest absolute Gasteiger partial charge is 0.382 e. The Morgan fingerprint density at radius 2 is 2.14 bits per heavy atom. The molecule has 0 saturated carbocycles. The number of amides is 1. The lowest BCUT2D eigenvalue weighted by Gasteiger charge is -2.08. The number of nitrogens with two attached hydrogens (primary N) is 1. The van der Waals surface area contributed by atoms with Crippen LogP contribution in [0.5, 0.6) is 0 Å². The zero-order chi connectivity index (χ0) is 15.6. The molecule has 21 heavy (non-hydrogen) atoms. The van der Waals surface area contributed by atoms with Gasteiger partial charge in [-0.15, -0.1) is 0 Å². The lowest BCUT2D eigenvalue weighted by molar-refractivity contribution is 0.103. The van der Waals surface area contributed by atoms with E-state index in [1.165, 1.54) is 11.3 Å². The maximum atomic E-state index is 12.3. The van der Waals surface area contributed by atoms with Crippen LogP contribution in [0.3, 0.4) is 0 Å². The molecule has 0 aliphatic heterocycles. The highest BCUT2D eigenvalue weighted by Gasteiger charge is 2.17. The van der Waals surface area contributed by atoms with Crippen LogP contribution in [-0.4, -0.2) is 16.9 Å². The fourth-order valence-electron chi connectivity index (χ4n) is 1.71. The summed E-state index contributed by atoms with van der Waals surface area (Å²) in [4.78, 5) is 16.8. The highest BCUT2D eigenvalue weighted by molar-refractivity contribution is 7.18. The lowest BCUT2D eigenvalue weighted by Crippen LogP contribution is -2.13. The van der Waals surface area contributed by atoms with Crippen LogP contribution < -0.4 is 16.4 Å². The number of anilines is 3. The Kier molecular flexibility index (Phi) is 4.69. The third kappa shape index (κ3) is 3.86. The van der Waals surface area contributed by atoms with E-state index in [-0.39, 0.29) is 17.8 Å². The molecule has 7 heteroatoms. The number of thiazole rings is 1. The zero-order valence-electron chi connectivity index (χ0n) is 12.0. The number of nitrogens with zero attached hydrogens (tertiary/aromatic N) is 1. The number of aryl methyl sites for hydroxylation is 1. The number of hydrogen-bond donors (Lipinski definition) is 3. The van der Waals surface area contributed by atoms with Crippen molar-refractivity contribution in [2.45, 2.75) is 26.8 Å².